The van der Waals surface area contributed by atoms with Gasteiger partial charge in [0.1, 0.15) is 5.03 Å². The number of H-pyrrole nitrogens is 1. The highest BCUT2D eigenvalue weighted by Crippen LogP contribution is 2.06. The van der Waals surface area contributed by atoms with Crippen molar-refractivity contribution in [3.8, 4) is 0 Å². The molecule has 0 aliphatic rings. The van der Waals surface area contributed by atoms with E-state index < -0.39 is 15.3 Å². The number of sulfone groups is 1. The molecule has 0 aliphatic heterocycles. The van der Waals surface area contributed by atoms with Crippen molar-refractivity contribution >= 4 is 9.84 Å². The van der Waals surface area contributed by atoms with Crippen molar-refractivity contribution in [2.45, 2.75) is 18.6 Å². The molecule has 14 heavy (non-hydrogen) atoms. The van der Waals surface area contributed by atoms with Gasteiger partial charge in [-0.2, -0.15) is 0 Å². The fraction of sp³-hybridized carbons (Fsp3) is 0.375. The molecule has 0 radical (unpaired) electrons. The summed E-state index contributed by atoms with van der Waals surface area (Å²) in [5.74, 6) is 0. The van der Waals surface area contributed by atoms with Gasteiger partial charge in [0.15, 0.2) is 15.3 Å². The molecule has 0 saturated heterocycles. The molecule has 5 nitrogen and oxygen atoms in total. The number of hydrogen-bond donors (Lipinski definition) is 2. The second-order valence-electron chi connectivity index (χ2n) is 3.03. The van der Waals surface area contributed by atoms with Crippen LogP contribution in [-0.2, 0) is 16.4 Å². The van der Waals surface area contributed by atoms with Crippen LogP contribution in [0.15, 0.2) is 15.9 Å². The lowest BCUT2D eigenvalue weighted by Crippen LogP contribution is -2.14. The van der Waals surface area contributed by atoms with E-state index in [1.54, 1.807) is 0 Å². The molecule has 0 spiro atoms. The van der Waals surface area contributed by atoms with Crippen LogP contribution in [-0.4, -0.2) is 24.8 Å². The molecule has 1 rings (SSSR count). The minimum atomic E-state index is -3.44. The number of nitrogens with one attached hydrogen (secondary N) is 1. The number of aromatic nitrogens is 1. The Kier molecular flexibility index (Phi) is 2.77. The average Bonchev–Trinajstić information content (AvgIpc) is 2.07. The third-order valence-electron chi connectivity index (χ3n) is 1.92. The van der Waals surface area contributed by atoms with Crippen molar-refractivity contribution < 1.29 is 13.5 Å². The first-order chi connectivity index (χ1) is 6.36. The molecule has 0 unspecified atom stereocenters. The van der Waals surface area contributed by atoms with Gasteiger partial charge in [0.05, 0.1) is 6.61 Å². The Morgan fingerprint density at radius 2 is 2.07 bits per heavy atom. The van der Waals surface area contributed by atoms with Crippen molar-refractivity contribution in [1.82, 2.24) is 4.98 Å². The van der Waals surface area contributed by atoms with Crippen molar-refractivity contribution in [2.75, 3.05) is 6.26 Å². The zero-order valence-corrected chi connectivity index (χ0v) is 8.68. The van der Waals surface area contributed by atoms with E-state index in [1.165, 1.54) is 6.92 Å². The number of rotatable bonds is 2. The third-order valence-corrected chi connectivity index (χ3v) is 2.93. The average molecular weight is 217 g/mol. The summed E-state index contributed by atoms with van der Waals surface area (Å²) in [5, 5.41) is 8.70. The van der Waals surface area contributed by atoms with Gasteiger partial charge in [0, 0.05) is 23.6 Å². The molecule has 0 atom stereocenters. The third kappa shape index (κ3) is 2.02. The van der Waals surface area contributed by atoms with Crippen LogP contribution in [0.3, 0.4) is 0 Å². The largest absolute Gasteiger partial charge is 0.390 e. The van der Waals surface area contributed by atoms with Gasteiger partial charge < -0.3 is 10.1 Å². The number of aliphatic hydroxyl groups is 1. The fourth-order valence-electron chi connectivity index (χ4n) is 1.01. The van der Waals surface area contributed by atoms with E-state index in [2.05, 4.69) is 4.98 Å². The highest BCUT2D eigenvalue weighted by molar-refractivity contribution is 7.90. The van der Waals surface area contributed by atoms with Crippen LogP contribution in [0.2, 0.25) is 0 Å². The quantitative estimate of drug-likeness (QED) is 0.704. The Balaban J connectivity index is 3.54. The van der Waals surface area contributed by atoms with E-state index in [0.717, 1.165) is 12.3 Å². The Labute approximate surface area is 81.3 Å². The zero-order valence-electron chi connectivity index (χ0n) is 7.86. The van der Waals surface area contributed by atoms with Crippen LogP contribution < -0.4 is 5.43 Å². The van der Waals surface area contributed by atoms with Crippen LogP contribution in [0.1, 0.15) is 11.3 Å². The van der Waals surface area contributed by atoms with Crippen molar-refractivity contribution in [3.63, 3.8) is 0 Å². The lowest BCUT2D eigenvalue weighted by atomic mass is 10.2. The number of aliphatic hydroxyl groups excluding tert-OH is 1. The smallest absolute Gasteiger partial charge is 0.190 e. The van der Waals surface area contributed by atoms with Crippen LogP contribution >= 0.6 is 0 Å². The van der Waals surface area contributed by atoms with Crippen LogP contribution in [0.4, 0.5) is 0 Å². The van der Waals surface area contributed by atoms with Gasteiger partial charge in [-0.1, -0.05) is 0 Å². The molecule has 1 aromatic rings. The molecule has 0 amide bonds. The second kappa shape index (κ2) is 3.55. The van der Waals surface area contributed by atoms with Gasteiger partial charge in [-0.05, 0) is 6.92 Å². The summed E-state index contributed by atoms with van der Waals surface area (Å²) in [6.07, 6.45) is 0.995. The summed E-state index contributed by atoms with van der Waals surface area (Å²) in [7, 11) is -3.44. The molecule has 0 aliphatic carbocycles. The molecule has 0 aromatic carbocycles. The van der Waals surface area contributed by atoms with Gasteiger partial charge in [0.2, 0.25) is 0 Å². The Morgan fingerprint density at radius 3 is 2.50 bits per heavy atom. The molecular formula is C8H11NO4S. The predicted molar refractivity (Wildman–Crippen MR) is 50.8 cm³/mol. The topological polar surface area (TPSA) is 87.2 Å². The van der Waals surface area contributed by atoms with Crippen molar-refractivity contribution in [1.29, 1.82) is 0 Å². The molecule has 0 fully saturated rings. The molecule has 1 aromatic heterocycles. The molecule has 0 bridgehead atoms. The Hall–Kier alpha value is -1.14. The van der Waals surface area contributed by atoms with Crippen molar-refractivity contribution in [3.05, 3.63) is 27.5 Å². The maximum atomic E-state index is 11.3. The molecule has 78 valence electrons. The fourth-order valence-corrected chi connectivity index (χ4v) is 1.64. The van der Waals surface area contributed by atoms with Crippen molar-refractivity contribution in [2.24, 2.45) is 0 Å². The molecule has 6 heteroatoms. The zero-order chi connectivity index (χ0) is 10.9. The Bertz CT molecular complexity index is 501. The molecular weight excluding hydrogens is 206 g/mol. The number of aromatic amines is 1. The van der Waals surface area contributed by atoms with Gasteiger partial charge in [-0.25, -0.2) is 8.42 Å². The SMILES string of the molecule is Cc1c(CO)[nH]c(S(C)(=O)=O)cc1=O. The van der Waals surface area contributed by atoms with E-state index >= 15 is 0 Å². The van der Waals surface area contributed by atoms with Gasteiger partial charge in [-0.3, -0.25) is 4.79 Å². The summed E-state index contributed by atoms with van der Waals surface area (Å²) in [5.41, 5.74) is 0.172. The van der Waals surface area contributed by atoms with E-state index in [9.17, 15) is 13.2 Å². The minimum Gasteiger partial charge on any atom is -0.390 e. The van der Waals surface area contributed by atoms with E-state index in [1.807, 2.05) is 0 Å². The van der Waals surface area contributed by atoms with E-state index in [-0.39, 0.29) is 17.3 Å². The van der Waals surface area contributed by atoms with Gasteiger partial charge >= 0.3 is 0 Å². The molecule has 1 heterocycles. The van der Waals surface area contributed by atoms with Crippen LogP contribution in [0, 0.1) is 6.92 Å². The lowest BCUT2D eigenvalue weighted by Gasteiger charge is -2.04. The summed E-state index contributed by atoms with van der Waals surface area (Å²) in [6.45, 7) is 1.14. The monoisotopic (exact) mass is 217 g/mol. The summed E-state index contributed by atoms with van der Waals surface area (Å²) in [6, 6.07) is 1.02. The summed E-state index contributed by atoms with van der Waals surface area (Å²) >= 11 is 0. The highest BCUT2D eigenvalue weighted by atomic mass is 32.2. The van der Waals surface area contributed by atoms with Gasteiger partial charge in [0.25, 0.3) is 0 Å². The lowest BCUT2D eigenvalue weighted by molar-refractivity contribution is 0.275. The predicted octanol–water partition coefficient (Wildman–Crippen LogP) is -0.421. The summed E-state index contributed by atoms with van der Waals surface area (Å²) in [4.78, 5) is 13.8. The second-order valence-corrected chi connectivity index (χ2v) is 5.02. The summed E-state index contributed by atoms with van der Waals surface area (Å²) < 4.78 is 22.2. The van der Waals surface area contributed by atoms with E-state index in [4.69, 9.17) is 5.11 Å². The molecule has 2 N–H and O–H groups in total. The first-order valence-corrected chi connectivity index (χ1v) is 5.79. The van der Waals surface area contributed by atoms with Gasteiger partial charge in [-0.15, -0.1) is 0 Å². The first-order valence-electron chi connectivity index (χ1n) is 3.90. The minimum absolute atomic E-state index is 0.169. The van der Waals surface area contributed by atoms with Crippen LogP contribution in [0.25, 0.3) is 0 Å². The Morgan fingerprint density at radius 1 is 1.50 bits per heavy atom. The standard InChI is InChI=1S/C8H11NO4S/c1-5-6(4-10)9-8(3-7(5)11)14(2,12)13/h3,10H,4H2,1-2H3,(H,9,11). The number of hydrogen-bond acceptors (Lipinski definition) is 4. The first kappa shape index (κ1) is 10.9. The maximum absolute atomic E-state index is 11.3. The molecule has 0 saturated carbocycles. The van der Waals surface area contributed by atoms with E-state index in [0.29, 0.717) is 5.56 Å². The number of pyridine rings is 1. The maximum Gasteiger partial charge on any atom is 0.190 e. The van der Waals surface area contributed by atoms with Crippen LogP contribution in [0.5, 0.6) is 0 Å². The highest BCUT2D eigenvalue weighted by Gasteiger charge is 2.12. The normalized spacial score (nSPS) is 11.6.